The summed E-state index contributed by atoms with van der Waals surface area (Å²) in [4.78, 5) is 20.8. The van der Waals surface area contributed by atoms with Gasteiger partial charge in [-0.2, -0.15) is 0 Å². The Hall–Kier alpha value is -2.09. The lowest BCUT2D eigenvalue weighted by molar-refractivity contribution is 0.0893. The minimum Gasteiger partial charge on any atom is -0.473 e. The second-order valence-electron chi connectivity index (χ2n) is 5.30. The van der Waals surface area contributed by atoms with Crippen LogP contribution in [-0.2, 0) is 0 Å². The van der Waals surface area contributed by atoms with Crippen molar-refractivity contribution in [3.05, 3.63) is 29.2 Å². The standard InChI is InChI=1S/C14H17N5O2S/c1-9-13(22-19-18-9)14(20)17-10-2-4-11(5-3-10)21-12-8-15-6-7-16-12/h6-8,10-11H,2-5H2,1H3,(H,17,20). The van der Waals surface area contributed by atoms with E-state index in [4.69, 9.17) is 4.74 Å². The molecule has 0 spiro atoms. The van der Waals surface area contributed by atoms with Gasteiger partial charge in [0.2, 0.25) is 5.88 Å². The molecule has 0 aromatic carbocycles. The van der Waals surface area contributed by atoms with E-state index in [1.54, 1.807) is 25.5 Å². The number of rotatable bonds is 4. The van der Waals surface area contributed by atoms with Gasteiger partial charge in [-0.1, -0.05) is 4.49 Å². The minimum absolute atomic E-state index is 0.0780. The van der Waals surface area contributed by atoms with Gasteiger partial charge in [0.15, 0.2) is 0 Å². The Balaban J connectivity index is 1.48. The third-order valence-electron chi connectivity index (χ3n) is 3.69. The van der Waals surface area contributed by atoms with E-state index >= 15 is 0 Å². The molecule has 1 fully saturated rings. The van der Waals surface area contributed by atoms with Crippen molar-refractivity contribution >= 4 is 17.4 Å². The Morgan fingerprint density at radius 2 is 2.14 bits per heavy atom. The summed E-state index contributed by atoms with van der Waals surface area (Å²) in [5.74, 6) is 0.479. The van der Waals surface area contributed by atoms with Crippen molar-refractivity contribution in [3.63, 3.8) is 0 Å². The maximum atomic E-state index is 12.1. The Morgan fingerprint density at radius 1 is 1.32 bits per heavy atom. The average Bonchev–Trinajstić information content (AvgIpc) is 2.96. The molecule has 1 saturated carbocycles. The average molecular weight is 319 g/mol. The molecule has 2 heterocycles. The zero-order valence-corrected chi connectivity index (χ0v) is 13.0. The van der Waals surface area contributed by atoms with Crippen LogP contribution in [0, 0.1) is 6.92 Å². The molecule has 0 unspecified atom stereocenters. The molecule has 0 aliphatic heterocycles. The summed E-state index contributed by atoms with van der Waals surface area (Å²) in [5, 5.41) is 6.92. The fourth-order valence-corrected chi connectivity index (χ4v) is 3.09. The summed E-state index contributed by atoms with van der Waals surface area (Å²) in [6, 6.07) is 0.177. The molecule has 1 amide bonds. The predicted molar refractivity (Wildman–Crippen MR) is 80.8 cm³/mol. The van der Waals surface area contributed by atoms with Gasteiger partial charge in [0.05, 0.1) is 11.9 Å². The summed E-state index contributed by atoms with van der Waals surface area (Å²) in [5.41, 5.74) is 0.683. The first kappa shape index (κ1) is 14.8. The summed E-state index contributed by atoms with van der Waals surface area (Å²) in [7, 11) is 0. The molecule has 0 bridgehead atoms. The van der Waals surface area contributed by atoms with Gasteiger partial charge in [0.1, 0.15) is 11.0 Å². The monoisotopic (exact) mass is 319 g/mol. The van der Waals surface area contributed by atoms with Crippen molar-refractivity contribution in [2.45, 2.75) is 44.8 Å². The highest BCUT2D eigenvalue weighted by atomic mass is 32.1. The van der Waals surface area contributed by atoms with Gasteiger partial charge in [-0.3, -0.25) is 9.78 Å². The van der Waals surface area contributed by atoms with Crippen LogP contribution in [0.15, 0.2) is 18.6 Å². The van der Waals surface area contributed by atoms with Gasteiger partial charge >= 0.3 is 0 Å². The molecule has 8 heteroatoms. The predicted octanol–water partition coefficient (Wildman–Crippen LogP) is 1.76. The van der Waals surface area contributed by atoms with Crippen LogP contribution in [0.3, 0.4) is 0 Å². The Labute approximate surface area is 132 Å². The number of amides is 1. The molecule has 1 aliphatic rings. The normalized spacial score (nSPS) is 21.3. The zero-order chi connectivity index (χ0) is 15.4. The number of hydrogen-bond acceptors (Lipinski definition) is 7. The number of ether oxygens (including phenoxy) is 1. The van der Waals surface area contributed by atoms with Gasteiger partial charge in [0, 0.05) is 18.4 Å². The lowest BCUT2D eigenvalue weighted by atomic mass is 9.93. The number of nitrogens with one attached hydrogen (secondary N) is 1. The highest BCUT2D eigenvalue weighted by Gasteiger charge is 2.25. The lowest BCUT2D eigenvalue weighted by Gasteiger charge is -2.28. The van der Waals surface area contributed by atoms with Crippen molar-refractivity contribution in [1.82, 2.24) is 24.9 Å². The number of nitrogens with zero attached hydrogens (tertiary/aromatic N) is 4. The fourth-order valence-electron chi connectivity index (χ4n) is 2.53. The first-order chi connectivity index (χ1) is 10.7. The Kier molecular flexibility index (Phi) is 4.57. The van der Waals surface area contributed by atoms with Crippen molar-refractivity contribution < 1.29 is 9.53 Å². The number of aromatic nitrogens is 4. The molecule has 7 nitrogen and oxygen atoms in total. The Morgan fingerprint density at radius 3 is 2.77 bits per heavy atom. The van der Waals surface area contributed by atoms with E-state index in [0.717, 1.165) is 37.2 Å². The van der Waals surface area contributed by atoms with Gasteiger partial charge in [0.25, 0.3) is 5.91 Å². The molecule has 3 rings (SSSR count). The van der Waals surface area contributed by atoms with Crippen molar-refractivity contribution in [3.8, 4) is 5.88 Å². The van der Waals surface area contributed by atoms with E-state index in [9.17, 15) is 4.79 Å². The molecule has 22 heavy (non-hydrogen) atoms. The van der Waals surface area contributed by atoms with Gasteiger partial charge in [-0.05, 0) is 44.1 Å². The summed E-state index contributed by atoms with van der Waals surface area (Å²) in [6.07, 6.45) is 8.55. The highest BCUT2D eigenvalue weighted by Crippen LogP contribution is 2.23. The topological polar surface area (TPSA) is 89.9 Å². The second kappa shape index (κ2) is 6.78. The SMILES string of the molecule is Cc1nnsc1C(=O)NC1CCC(Oc2cnccn2)CC1. The number of hydrogen-bond donors (Lipinski definition) is 1. The van der Waals surface area contributed by atoms with E-state index < -0.39 is 0 Å². The molecular formula is C14H17N5O2S. The minimum atomic E-state index is -0.0780. The number of aryl methyl sites for hydroxylation is 1. The molecule has 1 N–H and O–H groups in total. The van der Waals surface area contributed by atoms with Gasteiger partial charge in [-0.15, -0.1) is 5.10 Å². The maximum absolute atomic E-state index is 12.1. The quantitative estimate of drug-likeness (QED) is 0.923. The molecule has 0 saturated heterocycles. The summed E-state index contributed by atoms with van der Waals surface area (Å²) >= 11 is 1.14. The number of carbonyl (C=O) groups is 1. The van der Waals surface area contributed by atoms with Crippen LogP contribution < -0.4 is 10.1 Å². The van der Waals surface area contributed by atoms with E-state index in [0.29, 0.717) is 16.5 Å². The molecule has 1 aliphatic carbocycles. The van der Waals surface area contributed by atoms with E-state index in [2.05, 4.69) is 24.9 Å². The van der Waals surface area contributed by atoms with Crippen LogP contribution in [0.25, 0.3) is 0 Å². The fraction of sp³-hybridized carbons (Fsp3) is 0.500. The van der Waals surface area contributed by atoms with Crippen LogP contribution in [0.5, 0.6) is 5.88 Å². The van der Waals surface area contributed by atoms with Gasteiger partial charge in [-0.25, -0.2) is 4.98 Å². The highest BCUT2D eigenvalue weighted by molar-refractivity contribution is 7.08. The molecule has 116 valence electrons. The van der Waals surface area contributed by atoms with Crippen molar-refractivity contribution in [1.29, 1.82) is 0 Å². The Bertz CT molecular complexity index is 625. The van der Waals surface area contributed by atoms with E-state index in [1.807, 2.05) is 0 Å². The smallest absolute Gasteiger partial charge is 0.265 e. The van der Waals surface area contributed by atoms with Crippen LogP contribution in [-0.4, -0.2) is 37.6 Å². The molecule has 0 radical (unpaired) electrons. The van der Waals surface area contributed by atoms with Gasteiger partial charge < -0.3 is 10.1 Å². The molecule has 0 atom stereocenters. The molecular weight excluding hydrogens is 302 g/mol. The summed E-state index contributed by atoms with van der Waals surface area (Å²) < 4.78 is 9.59. The van der Waals surface area contributed by atoms with Crippen molar-refractivity contribution in [2.75, 3.05) is 0 Å². The third kappa shape index (κ3) is 3.56. The number of carbonyl (C=O) groups excluding carboxylic acids is 1. The first-order valence-corrected chi connectivity index (χ1v) is 8.02. The zero-order valence-electron chi connectivity index (χ0n) is 12.2. The first-order valence-electron chi connectivity index (χ1n) is 7.25. The lowest BCUT2D eigenvalue weighted by Crippen LogP contribution is -2.39. The van der Waals surface area contributed by atoms with Crippen LogP contribution in [0.2, 0.25) is 0 Å². The van der Waals surface area contributed by atoms with Crippen LogP contribution >= 0.6 is 11.5 Å². The van der Waals surface area contributed by atoms with E-state index in [-0.39, 0.29) is 18.1 Å². The summed E-state index contributed by atoms with van der Waals surface area (Å²) in [6.45, 7) is 1.80. The van der Waals surface area contributed by atoms with Crippen molar-refractivity contribution in [2.24, 2.45) is 0 Å². The third-order valence-corrected chi connectivity index (χ3v) is 4.52. The second-order valence-corrected chi connectivity index (χ2v) is 6.05. The largest absolute Gasteiger partial charge is 0.473 e. The molecule has 2 aromatic rings. The van der Waals surface area contributed by atoms with Crippen LogP contribution in [0.4, 0.5) is 0 Å². The van der Waals surface area contributed by atoms with Crippen LogP contribution in [0.1, 0.15) is 41.0 Å². The molecule has 2 aromatic heterocycles. The maximum Gasteiger partial charge on any atom is 0.265 e. The van der Waals surface area contributed by atoms with E-state index in [1.165, 1.54) is 0 Å².